The van der Waals surface area contributed by atoms with E-state index < -0.39 is 6.09 Å². The van der Waals surface area contributed by atoms with Gasteiger partial charge >= 0.3 is 6.09 Å². The second kappa shape index (κ2) is 3.94. The van der Waals surface area contributed by atoms with Gasteiger partial charge in [0.1, 0.15) is 0 Å². The highest BCUT2D eigenvalue weighted by atomic mass is 127. The molecule has 1 amide bonds. The number of carbonyl (C=O) groups is 1. The van der Waals surface area contributed by atoms with Gasteiger partial charge in [-0.05, 0) is 6.92 Å². The molecule has 0 unspecified atom stereocenters. The van der Waals surface area contributed by atoms with Crippen LogP contribution in [0.3, 0.4) is 0 Å². The second-order valence-corrected chi connectivity index (χ2v) is 2.39. The first-order valence-corrected chi connectivity index (χ1v) is 3.74. The Morgan fingerprint density at radius 2 is 2.50 bits per heavy atom. The van der Waals surface area contributed by atoms with E-state index >= 15 is 0 Å². The Labute approximate surface area is 61.6 Å². The van der Waals surface area contributed by atoms with Crippen LogP contribution in [0.4, 0.5) is 4.79 Å². The third-order valence-corrected chi connectivity index (χ3v) is 1.92. The van der Waals surface area contributed by atoms with Crippen molar-refractivity contribution < 1.29 is 9.90 Å². The number of halogens is 1. The minimum Gasteiger partial charge on any atom is -0.465 e. The zero-order valence-electron chi connectivity index (χ0n) is 4.52. The summed E-state index contributed by atoms with van der Waals surface area (Å²) in [7, 11) is 0. The van der Waals surface area contributed by atoms with Crippen molar-refractivity contribution in [2.75, 3.05) is 4.43 Å². The third kappa shape index (κ3) is 4.17. The summed E-state index contributed by atoms with van der Waals surface area (Å²) in [5, 5.41) is 10.4. The minimum atomic E-state index is -0.950. The molecule has 0 fully saturated rings. The zero-order valence-corrected chi connectivity index (χ0v) is 6.68. The van der Waals surface area contributed by atoms with Gasteiger partial charge in [0.25, 0.3) is 0 Å². The Hall–Kier alpha value is 0. The Kier molecular flexibility index (Phi) is 3.94. The molecule has 8 heavy (non-hydrogen) atoms. The molecule has 1 atom stereocenters. The maximum Gasteiger partial charge on any atom is 0.404 e. The number of rotatable bonds is 2. The molecule has 0 spiro atoms. The molecule has 0 aromatic rings. The van der Waals surface area contributed by atoms with Gasteiger partial charge in [0.15, 0.2) is 0 Å². The van der Waals surface area contributed by atoms with Crippen molar-refractivity contribution in [2.45, 2.75) is 13.0 Å². The molecule has 0 aliphatic rings. The van der Waals surface area contributed by atoms with Gasteiger partial charge in [-0.2, -0.15) is 0 Å². The zero-order chi connectivity index (χ0) is 6.57. The summed E-state index contributed by atoms with van der Waals surface area (Å²) in [4.78, 5) is 9.85. The van der Waals surface area contributed by atoms with Crippen LogP contribution in [0, 0.1) is 0 Å². The predicted octanol–water partition coefficient (Wildman–Crippen LogP) is 1.08. The molecule has 0 aromatic heterocycles. The van der Waals surface area contributed by atoms with Gasteiger partial charge in [0.2, 0.25) is 0 Å². The molecule has 0 heterocycles. The molecule has 48 valence electrons. The van der Waals surface area contributed by atoms with E-state index in [1.165, 1.54) is 0 Å². The van der Waals surface area contributed by atoms with E-state index in [-0.39, 0.29) is 6.04 Å². The van der Waals surface area contributed by atoms with Crippen LogP contribution < -0.4 is 5.32 Å². The normalized spacial score (nSPS) is 12.8. The van der Waals surface area contributed by atoms with Crippen LogP contribution in [-0.4, -0.2) is 21.7 Å². The fourth-order valence-electron chi connectivity index (χ4n) is 0.249. The molecule has 0 saturated carbocycles. The number of nitrogens with one attached hydrogen (secondary N) is 1. The maximum absolute atomic E-state index is 9.85. The highest BCUT2D eigenvalue weighted by Gasteiger charge is 2.00. The Morgan fingerprint density at radius 1 is 2.00 bits per heavy atom. The van der Waals surface area contributed by atoms with E-state index in [0.29, 0.717) is 0 Å². The standard InChI is InChI=1S/C4H8INO2/c1-3(2-5)6-4(7)8/h3,6H,2H2,1H3,(H,7,8)/t3-/m1/s1. The van der Waals surface area contributed by atoms with Crippen LogP contribution in [0.2, 0.25) is 0 Å². The topological polar surface area (TPSA) is 49.3 Å². The summed E-state index contributed by atoms with van der Waals surface area (Å²) in [6.07, 6.45) is -0.950. The lowest BCUT2D eigenvalue weighted by molar-refractivity contribution is 0.192. The number of amides is 1. The number of hydrogen-bond acceptors (Lipinski definition) is 1. The summed E-state index contributed by atoms with van der Waals surface area (Å²) < 4.78 is 0.810. The summed E-state index contributed by atoms with van der Waals surface area (Å²) >= 11 is 2.12. The van der Waals surface area contributed by atoms with E-state index in [4.69, 9.17) is 5.11 Å². The summed E-state index contributed by atoms with van der Waals surface area (Å²) in [6.45, 7) is 1.82. The fraction of sp³-hybridized carbons (Fsp3) is 0.750. The van der Waals surface area contributed by atoms with Crippen LogP contribution in [0.25, 0.3) is 0 Å². The molecule has 0 aliphatic carbocycles. The average Bonchev–Trinajstić information content (AvgIpc) is 1.65. The fourth-order valence-corrected chi connectivity index (χ4v) is 0.470. The second-order valence-electron chi connectivity index (χ2n) is 1.50. The van der Waals surface area contributed by atoms with Gasteiger partial charge in [-0.15, -0.1) is 0 Å². The summed E-state index contributed by atoms with van der Waals surface area (Å²) in [5.41, 5.74) is 0. The molecule has 0 bridgehead atoms. The van der Waals surface area contributed by atoms with E-state index in [9.17, 15) is 4.79 Å². The Bertz CT molecular complexity index is 86.1. The molecule has 0 radical (unpaired) electrons. The lowest BCUT2D eigenvalue weighted by Crippen LogP contribution is -2.31. The lowest BCUT2D eigenvalue weighted by Gasteiger charge is -2.04. The van der Waals surface area contributed by atoms with Crippen LogP contribution in [0.1, 0.15) is 6.92 Å². The SMILES string of the molecule is C[C@H](CI)NC(=O)O. The first-order chi connectivity index (χ1) is 3.66. The van der Waals surface area contributed by atoms with E-state index in [2.05, 4.69) is 27.9 Å². The van der Waals surface area contributed by atoms with E-state index in [0.717, 1.165) is 4.43 Å². The minimum absolute atomic E-state index is 0.0631. The first-order valence-electron chi connectivity index (χ1n) is 2.22. The van der Waals surface area contributed by atoms with Gasteiger partial charge in [0, 0.05) is 10.5 Å². The monoisotopic (exact) mass is 229 g/mol. The Balaban J connectivity index is 3.24. The third-order valence-electron chi connectivity index (χ3n) is 0.601. The maximum atomic E-state index is 9.85. The molecular formula is C4H8INO2. The van der Waals surface area contributed by atoms with Gasteiger partial charge in [0.05, 0.1) is 0 Å². The first kappa shape index (κ1) is 8.00. The van der Waals surface area contributed by atoms with Crippen molar-refractivity contribution >= 4 is 28.7 Å². The molecular weight excluding hydrogens is 221 g/mol. The van der Waals surface area contributed by atoms with Crippen LogP contribution in [0.5, 0.6) is 0 Å². The van der Waals surface area contributed by atoms with E-state index in [1.54, 1.807) is 0 Å². The molecule has 0 saturated heterocycles. The smallest absolute Gasteiger partial charge is 0.404 e. The van der Waals surface area contributed by atoms with Crippen LogP contribution >= 0.6 is 22.6 Å². The summed E-state index contributed by atoms with van der Waals surface area (Å²) in [5.74, 6) is 0. The highest BCUT2D eigenvalue weighted by molar-refractivity contribution is 14.1. The molecule has 2 N–H and O–H groups in total. The van der Waals surface area contributed by atoms with Crippen LogP contribution in [0.15, 0.2) is 0 Å². The number of hydrogen-bond donors (Lipinski definition) is 2. The van der Waals surface area contributed by atoms with Crippen molar-refractivity contribution in [1.82, 2.24) is 5.32 Å². The van der Waals surface area contributed by atoms with Crippen molar-refractivity contribution in [2.24, 2.45) is 0 Å². The number of carboxylic acid groups (broad SMARTS) is 1. The van der Waals surface area contributed by atoms with Gasteiger partial charge in [-0.3, -0.25) is 0 Å². The van der Waals surface area contributed by atoms with E-state index in [1.807, 2.05) is 6.92 Å². The van der Waals surface area contributed by atoms with Gasteiger partial charge < -0.3 is 10.4 Å². The van der Waals surface area contributed by atoms with Crippen LogP contribution in [-0.2, 0) is 0 Å². The van der Waals surface area contributed by atoms with Crippen molar-refractivity contribution in [3.05, 3.63) is 0 Å². The van der Waals surface area contributed by atoms with Crippen molar-refractivity contribution in [3.8, 4) is 0 Å². The quantitative estimate of drug-likeness (QED) is 0.549. The molecule has 0 aromatic carbocycles. The van der Waals surface area contributed by atoms with Crippen molar-refractivity contribution in [1.29, 1.82) is 0 Å². The highest BCUT2D eigenvalue weighted by Crippen LogP contribution is 1.87. The Morgan fingerprint density at radius 3 is 2.62 bits per heavy atom. The van der Waals surface area contributed by atoms with Gasteiger partial charge in [-0.1, -0.05) is 22.6 Å². The molecule has 0 aliphatic heterocycles. The molecule has 4 heteroatoms. The average molecular weight is 229 g/mol. The summed E-state index contributed by atoms with van der Waals surface area (Å²) in [6, 6.07) is 0.0631. The molecule has 0 rings (SSSR count). The lowest BCUT2D eigenvalue weighted by atomic mass is 10.4. The van der Waals surface area contributed by atoms with Gasteiger partial charge in [-0.25, -0.2) is 4.79 Å². The number of alkyl halides is 1. The predicted molar refractivity (Wildman–Crippen MR) is 39.5 cm³/mol. The largest absolute Gasteiger partial charge is 0.465 e. The van der Waals surface area contributed by atoms with Crippen molar-refractivity contribution in [3.63, 3.8) is 0 Å². The molecule has 3 nitrogen and oxygen atoms in total.